The molecule has 5 nitrogen and oxygen atoms in total. The van der Waals surface area contributed by atoms with Crippen LogP contribution in [0.5, 0.6) is 0 Å². The van der Waals surface area contributed by atoms with Crippen LogP contribution in [-0.2, 0) is 9.47 Å². The van der Waals surface area contributed by atoms with Crippen LogP contribution in [0.3, 0.4) is 0 Å². The Kier molecular flexibility index (Phi) is 5.54. The Morgan fingerprint density at radius 1 is 1.06 bits per heavy atom. The quantitative estimate of drug-likeness (QED) is 0.628. The molecule has 1 aromatic carbocycles. The summed E-state index contributed by atoms with van der Waals surface area (Å²) in [6.45, 7) is -0.514. The SMILES string of the molecule is COC(OC)c1ccccc1C(O)C(O)CO. The van der Waals surface area contributed by atoms with E-state index in [9.17, 15) is 10.2 Å². The van der Waals surface area contributed by atoms with E-state index in [4.69, 9.17) is 14.6 Å². The molecular weight excluding hydrogens is 224 g/mol. The molecule has 0 aliphatic carbocycles. The van der Waals surface area contributed by atoms with Gasteiger partial charge in [0.25, 0.3) is 0 Å². The first kappa shape index (κ1) is 14.1. The Labute approximate surface area is 100 Å². The maximum absolute atomic E-state index is 9.89. The molecule has 0 radical (unpaired) electrons. The summed E-state index contributed by atoms with van der Waals surface area (Å²) in [6.07, 6.45) is -3.03. The molecule has 1 rings (SSSR count). The van der Waals surface area contributed by atoms with Gasteiger partial charge >= 0.3 is 0 Å². The van der Waals surface area contributed by atoms with E-state index >= 15 is 0 Å². The summed E-state index contributed by atoms with van der Waals surface area (Å²) in [4.78, 5) is 0. The molecule has 0 saturated carbocycles. The van der Waals surface area contributed by atoms with Crippen molar-refractivity contribution < 1.29 is 24.8 Å². The fourth-order valence-corrected chi connectivity index (χ4v) is 1.65. The molecule has 0 heterocycles. The summed E-state index contributed by atoms with van der Waals surface area (Å²) in [5, 5.41) is 28.2. The fraction of sp³-hybridized carbons (Fsp3) is 0.500. The van der Waals surface area contributed by atoms with Crippen LogP contribution >= 0.6 is 0 Å². The molecule has 2 unspecified atom stereocenters. The minimum Gasteiger partial charge on any atom is -0.394 e. The molecule has 0 aliphatic heterocycles. The summed E-state index contributed by atoms with van der Waals surface area (Å²) in [7, 11) is 2.97. The third-order valence-corrected chi connectivity index (χ3v) is 2.55. The lowest BCUT2D eigenvalue weighted by atomic mass is 9.98. The van der Waals surface area contributed by atoms with E-state index in [0.29, 0.717) is 11.1 Å². The van der Waals surface area contributed by atoms with Crippen LogP contribution in [0, 0.1) is 0 Å². The lowest BCUT2D eigenvalue weighted by Crippen LogP contribution is -2.24. The highest BCUT2D eigenvalue weighted by Gasteiger charge is 2.23. The van der Waals surface area contributed by atoms with Gasteiger partial charge in [0.05, 0.1) is 6.61 Å². The van der Waals surface area contributed by atoms with E-state index in [-0.39, 0.29) is 0 Å². The minimum absolute atomic E-state index is 0.475. The first-order valence-electron chi connectivity index (χ1n) is 5.27. The predicted molar refractivity (Wildman–Crippen MR) is 61.3 cm³/mol. The van der Waals surface area contributed by atoms with Crippen molar-refractivity contribution in [1.82, 2.24) is 0 Å². The molecule has 0 fully saturated rings. The number of methoxy groups -OCH3 is 2. The Hall–Kier alpha value is -0.980. The summed E-state index contributed by atoms with van der Waals surface area (Å²) >= 11 is 0. The van der Waals surface area contributed by atoms with Gasteiger partial charge in [-0.25, -0.2) is 0 Å². The lowest BCUT2D eigenvalue weighted by molar-refractivity contribution is -0.108. The van der Waals surface area contributed by atoms with E-state index < -0.39 is 25.1 Å². The first-order chi connectivity index (χ1) is 8.15. The molecule has 3 N–H and O–H groups in total. The Balaban J connectivity index is 3.06. The number of benzene rings is 1. The standard InChI is InChI=1S/C12H18O5/c1-16-12(17-2)9-6-4-3-5-8(9)11(15)10(14)7-13/h3-6,10-15H,7H2,1-2H3. The largest absolute Gasteiger partial charge is 0.394 e. The van der Waals surface area contributed by atoms with E-state index in [1.54, 1.807) is 24.3 Å². The molecule has 0 amide bonds. The zero-order valence-electron chi connectivity index (χ0n) is 9.91. The van der Waals surface area contributed by atoms with Gasteiger partial charge in [-0.3, -0.25) is 0 Å². The second kappa shape index (κ2) is 6.68. The molecule has 0 saturated heterocycles. The van der Waals surface area contributed by atoms with E-state index in [2.05, 4.69) is 0 Å². The van der Waals surface area contributed by atoms with Gasteiger partial charge in [0.2, 0.25) is 0 Å². The second-order valence-corrected chi connectivity index (χ2v) is 3.63. The van der Waals surface area contributed by atoms with E-state index in [0.717, 1.165) is 0 Å². The summed E-state index contributed by atoms with van der Waals surface area (Å²) < 4.78 is 10.2. The smallest absolute Gasteiger partial charge is 0.183 e. The Bertz CT molecular complexity index is 337. The van der Waals surface area contributed by atoms with E-state index in [1.165, 1.54) is 14.2 Å². The fourth-order valence-electron chi connectivity index (χ4n) is 1.65. The van der Waals surface area contributed by atoms with Crippen LogP contribution in [0.4, 0.5) is 0 Å². The van der Waals surface area contributed by atoms with Crippen molar-refractivity contribution in [3.05, 3.63) is 35.4 Å². The van der Waals surface area contributed by atoms with Crippen molar-refractivity contribution in [1.29, 1.82) is 0 Å². The van der Waals surface area contributed by atoms with Gasteiger partial charge in [-0.1, -0.05) is 24.3 Å². The molecule has 0 bridgehead atoms. The molecule has 0 aromatic heterocycles. The normalized spacial score (nSPS) is 14.9. The third kappa shape index (κ3) is 3.24. The maximum Gasteiger partial charge on any atom is 0.183 e. The maximum atomic E-state index is 9.89. The molecule has 0 aliphatic rings. The molecule has 1 aromatic rings. The second-order valence-electron chi connectivity index (χ2n) is 3.63. The predicted octanol–water partition coefficient (Wildman–Crippen LogP) is 0.365. The van der Waals surface area contributed by atoms with Crippen LogP contribution < -0.4 is 0 Å². The highest BCUT2D eigenvalue weighted by Crippen LogP contribution is 2.27. The summed E-state index contributed by atoms with van der Waals surface area (Å²) in [5.41, 5.74) is 1.10. The highest BCUT2D eigenvalue weighted by atomic mass is 16.7. The van der Waals surface area contributed by atoms with Gasteiger partial charge < -0.3 is 24.8 Å². The lowest BCUT2D eigenvalue weighted by Gasteiger charge is -2.22. The van der Waals surface area contributed by atoms with Gasteiger partial charge in [-0.2, -0.15) is 0 Å². The summed E-state index contributed by atoms with van der Waals surface area (Å²) in [5.74, 6) is 0. The third-order valence-electron chi connectivity index (χ3n) is 2.55. The zero-order valence-corrected chi connectivity index (χ0v) is 9.91. The minimum atomic E-state index is -1.23. The topological polar surface area (TPSA) is 79.2 Å². The average Bonchev–Trinajstić information content (AvgIpc) is 2.39. The van der Waals surface area contributed by atoms with Crippen molar-refractivity contribution >= 4 is 0 Å². The number of rotatable bonds is 6. The molecular formula is C12H18O5. The van der Waals surface area contributed by atoms with Gasteiger partial charge in [0.15, 0.2) is 6.29 Å². The van der Waals surface area contributed by atoms with Crippen molar-refractivity contribution in [3.8, 4) is 0 Å². The highest BCUT2D eigenvalue weighted by molar-refractivity contribution is 5.30. The zero-order chi connectivity index (χ0) is 12.8. The van der Waals surface area contributed by atoms with Gasteiger partial charge in [0.1, 0.15) is 12.2 Å². The van der Waals surface area contributed by atoms with E-state index in [1.807, 2.05) is 0 Å². The van der Waals surface area contributed by atoms with Crippen LogP contribution in [0.15, 0.2) is 24.3 Å². The van der Waals surface area contributed by atoms with Gasteiger partial charge in [-0.15, -0.1) is 0 Å². The Morgan fingerprint density at radius 3 is 2.06 bits per heavy atom. The van der Waals surface area contributed by atoms with Crippen molar-refractivity contribution in [2.45, 2.75) is 18.5 Å². The van der Waals surface area contributed by atoms with Crippen LogP contribution in [0.1, 0.15) is 23.5 Å². The Morgan fingerprint density at radius 2 is 1.59 bits per heavy atom. The van der Waals surface area contributed by atoms with Crippen LogP contribution in [0.2, 0.25) is 0 Å². The first-order valence-corrected chi connectivity index (χ1v) is 5.27. The van der Waals surface area contributed by atoms with Crippen molar-refractivity contribution in [3.63, 3.8) is 0 Å². The van der Waals surface area contributed by atoms with Crippen molar-refractivity contribution in [2.75, 3.05) is 20.8 Å². The van der Waals surface area contributed by atoms with Gasteiger partial charge in [0, 0.05) is 19.8 Å². The monoisotopic (exact) mass is 242 g/mol. The molecule has 17 heavy (non-hydrogen) atoms. The molecule has 5 heteroatoms. The van der Waals surface area contributed by atoms with Crippen LogP contribution in [0.25, 0.3) is 0 Å². The summed E-state index contributed by atoms with van der Waals surface area (Å²) in [6, 6.07) is 6.90. The number of aliphatic hydroxyl groups is 3. The van der Waals surface area contributed by atoms with Crippen molar-refractivity contribution in [2.24, 2.45) is 0 Å². The molecule has 96 valence electrons. The van der Waals surface area contributed by atoms with Crippen LogP contribution in [-0.4, -0.2) is 42.3 Å². The number of hydrogen-bond acceptors (Lipinski definition) is 5. The number of ether oxygens (including phenoxy) is 2. The molecule has 2 atom stereocenters. The number of aliphatic hydroxyl groups excluding tert-OH is 3. The van der Waals surface area contributed by atoms with Gasteiger partial charge in [-0.05, 0) is 5.56 Å². The average molecular weight is 242 g/mol. The molecule has 0 spiro atoms. The number of hydrogen-bond donors (Lipinski definition) is 3.